The summed E-state index contributed by atoms with van der Waals surface area (Å²) in [5.41, 5.74) is 0.614. The van der Waals surface area contributed by atoms with Gasteiger partial charge in [0.15, 0.2) is 5.16 Å². The molecule has 8 heteroatoms. The number of anilines is 1. The van der Waals surface area contributed by atoms with Crippen molar-refractivity contribution in [2.75, 3.05) is 25.3 Å². The second-order valence-electron chi connectivity index (χ2n) is 6.28. The van der Waals surface area contributed by atoms with Crippen LogP contribution in [0.4, 0.5) is 5.69 Å². The van der Waals surface area contributed by atoms with Crippen molar-refractivity contribution in [2.24, 2.45) is 7.05 Å². The molecule has 1 aliphatic rings. The Balaban J connectivity index is 1.59. The Bertz CT molecular complexity index is 772. The van der Waals surface area contributed by atoms with Crippen molar-refractivity contribution in [1.82, 2.24) is 14.8 Å². The van der Waals surface area contributed by atoms with Gasteiger partial charge in [-0.2, -0.15) is 0 Å². The van der Waals surface area contributed by atoms with Crippen LogP contribution in [0.15, 0.2) is 23.4 Å². The van der Waals surface area contributed by atoms with Crippen LogP contribution in [0.3, 0.4) is 0 Å². The first-order valence-electron chi connectivity index (χ1n) is 8.66. The zero-order valence-corrected chi connectivity index (χ0v) is 16.1. The molecule has 1 saturated carbocycles. The molecule has 0 bridgehead atoms. The van der Waals surface area contributed by atoms with E-state index >= 15 is 0 Å². The molecule has 0 saturated heterocycles. The lowest BCUT2D eigenvalue weighted by Gasteiger charge is -2.11. The number of hydrogen-bond donors (Lipinski definition) is 1. The average molecular weight is 376 g/mol. The van der Waals surface area contributed by atoms with Crippen LogP contribution in [-0.4, -0.2) is 40.6 Å². The van der Waals surface area contributed by atoms with E-state index in [4.69, 9.17) is 9.47 Å². The fourth-order valence-electron chi connectivity index (χ4n) is 3.21. The predicted octanol–water partition coefficient (Wildman–Crippen LogP) is 3.22. The van der Waals surface area contributed by atoms with Crippen LogP contribution in [0.1, 0.15) is 37.4 Å². The molecular weight excluding hydrogens is 352 g/mol. The Labute approximate surface area is 157 Å². The highest BCUT2D eigenvalue weighted by Crippen LogP contribution is 2.34. The lowest BCUT2D eigenvalue weighted by atomic mass is 10.1. The summed E-state index contributed by atoms with van der Waals surface area (Å²) in [6, 6.07) is 5.28. The van der Waals surface area contributed by atoms with Crippen molar-refractivity contribution in [3.63, 3.8) is 0 Å². The van der Waals surface area contributed by atoms with Gasteiger partial charge < -0.3 is 19.4 Å². The third-order valence-corrected chi connectivity index (χ3v) is 5.62. The van der Waals surface area contributed by atoms with Crippen LogP contribution in [0, 0.1) is 0 Å². The number of benzene rings is 1. The van der Waals surface area contributed by atoms with Crippen molar-refractivity contribution in [1.29, 1.82) is 0 Å². The number of carbonyl (C=O) groups excluding carboxylic acids is 1. The molecule has 1 amide bonds. The van der Waals surface area contributed by atoms with E-state index in [1.165, 1.54) is 37.4 Å². The van der Waals surface area contributed by atoms with Crippen LogP contribution in [-0.2, 0) is 11.8 Å². The SMILES string of the molecule is COc1ccc(NC(=O)CSc2nnc(C3CCCC3)n2C)c(OC)c1. The predicted molar refractivity (Wildman–Crippen MR) is 101 cm³/mol. The highest BCUT2D eigenvalue weighted by molar-refractivity contribution is 7.99. The molecule has 0 aliphatic heterocycles. The van der Waals surface area contributed by atoms with Gasteiger partial charge in [0, 0.05) is 19.0 Å². The fourth-order valence-corrected chi connectivity index (χ4v) is 3.93. The summed E-state index contributed by atoms with van der Waals surface area (Å²) in [4.78, 5) is 12.3. The van der Waals surface area contributed by atoms with Gasteiger partial charge in [0.2, 0.25) is 5.91 Å². The first kappa shape index (κ1) is 18.6. The summed E-state index contributed by atoms with van der Waals surface area (Å²) in [6.45, 7) is 0. The fraction of sp³-hybridized carbons (Fsp3) is 0.500. The van der Waals surface area contributed by atoms with E-state index in [9.17, 15) is 4.79 Å². The average Bonchev–Trinajstić information content (AvgIpc) is 3.30. The molecule has 1 N–H and O–H groups in total. The molecule has 1 heterocycles. The van der Waals surface area contributed by atoms with Crippen LogP contribution in [0.5, 0.6) is 11.5 Å². The molecule has 1 aromatic heterocycles. The van der Waals surface area contributed by atoms with Gasteiger partial charge in [0.05, 0.1) is 25.7 Å². The number of rotatable bonds is 7. The molecule has 1 fully saturated rings. The smallest absolute Gasteiger partial charge is 0.234 e. The van der Waals surface area contributed by atoms with E-state index in [1.54, 1.807) is 32.4 Å². The number of methoxy groups -OCH3 is 2. The van der Waals surface area contributed by atoms with Crippen molar-refractivity contribution < 1.29 is 14.3 Å². The van der Waals surface area contributed by atoms with Gasteiger partial charge in [-0.3, -0.25) is 4.79 Å². The summed E-state index contributed by atoms with van der Waals surface area (Å²) >= 11 is 1.39. The van der Waals surface area contributed by atoms with Crippen LogP contribution < -0.4 is 14.8 Å². The normalized spacial score (nSPS) is 14.4. The molecule has 0 unspecified atom stereocenters. The molecule has 0 radical (unpaired) electrons. The van der Waals surface area contributed by atoms with Crippen molar-refractivity contribution in [2.45, 2.75) is 36.8 Å². The molecule has 0 spiro atoms. The third kappa shape index (κ3) is 4.12. The molecule has 1 aromatic carbocycles. The zero-order chi connectivity index (χ0) is 18.5. The Morgan fingerprint density at radius 2 is 2.04 bits per heavy atom. The summed E-state index contributed by atoms with van der Waals surface area (Å²) in [5.74, 6) is 2.90. The monoisotopic (exact) mass is 376 g/mol. The minimum atomic E-state index is -0.121. The summed E-state index contributed by atoms with van der Waals surface area (Å²) < 4.78 is 12.5. The van der Waals surface area contributed by atoms with Gasteiger partial charge in [-0.15, -0.1) is 10.2 Å². The topological polar surface area (TPSA) is 78.3 Å². The molecule has 7 nitrogen and oxygen atoms in total. The van der Waals surface area contributed by atoms with E-state index in [0.717, 1.165) is 11.0 Å². The van der Waals surface area contributed by atoms with E-state index in [2.05, 4.69) is 15.5 Å². The summed E-state index contributed by atoms with van der Waals surface area (Å²) in [7, 11) is 5.12. The number of carbonyl (C=O) groups is 1. The Hall–Kier alpha value is -2.22. The summed E-state index contributed by atoms with van der Waals surface area (Å²) in [6.07, 6.45) is 4.86. The van der Waals surface area contributed by atoms with Gasteiger partial charge in [-0.1, -0.05) is 24.6 Å². The number of ether oxygens (including phenoxy) is 2. The van der Waals surface area contributed by atoms with Gasteiger partial charge in [0.1, 0.15) is 17.3 Å². The first-order valence-corrected chi connectivity index (χ1v) is 9.65. The van der Waals surface area contributed by atoms with E-state index in [-0.39, 0.29) is 11.7 Å². The van der Waals surface area contributed by atoms with Crippen molar-refractivity contribution in [3.05, 3.63) is 24.0 Å². The molecule has 2 aromatic rings. The lowest BCUT2D eigenvalue weighted by Crippen LogP contribution is -2.15. The van der Waals surface area contributed by atoms with E-state index < -0.39 is 0 Å². The first-order chi connectivity index (χ1) is 12.6. The number of hydrogen-bond acceptors (Lipinski definition) is 6. The lowest BCUT2D eigenvalue weighted by molar-refractivity contribution is -0.113. The van der Waals surface area contributed by atoms with Crippen LogP contribution in [0.2, 0.25) is 0 Å². The second-order valence-corrected chi connectivity index (χ2v) is 7.23. The van der Waals surface area contributed by atoms with Crippen LogP contribution >= 0.6 is 11.8 Å². The second kappa shape index (κ2) is 8.44. The van der Waals surface area contributed by atoms with Crippen molar-refractivity contribution in [3.8, 4) is 11.5 Å². The highest BCUT2D eigenvalue weighted by atomic mass is 32.2. The van der Waals surface area contributed by atoms with Gasteiger partial charge >= 0.3 is 0 Å². The molecule has 3 rings (SSSR count). The third-order valence-electron chi connectivity index (χ3n) is 4.60. The summed E-state index contributed by atoms with van der Waals surface area (Å²) in [5, 5.41) is 12.2. The zero-order valence-electron chi connectivity index (χ0n) is 15.3. The maximum absolute atomic E-state index is 12.3. The molecule has 140 valence electrons. The number of amides is 1. The maximum atomic E-state index is 12.3. The Morgan fingerprint density at radius 3 is 2.73 bits per heavy atom. The molecular formula is C18H24N4O3S. The Morgan fingerprint density at radius 1 is 1.27 bits per heavy atom. The minimum absolute atomic E-state index is 0.121. The van der Waals surface area contributed by atoms with Gasteiger partial charge in [0.25, 0.3) is 0 Å². The van der Waals surface area contributed by atoms with E-state index in [1.807, 2.05) is 11.6 Å². The number of aromatic nitrogens is 3. The standard InChI is InChI=1S/C18H24N4O3S/c1-22-17(12-6-4-5-7-12)20-21-18(22)26-11-16(23)19-14-9-8-13(24-2)10-15(14)25-3/h8-10,12H,4-7,11H2,1-3H3,(H,19,23). The molecule has 1 aliphatic carbocycles. The largest absolute Gasteiger partial charge is 0.497 e. The van der Waals surface area contributed by atoms with Gasteiger partial charge in [-0.25, -0.2) is 0 Å². The minimum Gasteiger partial charge on any atom is -0.497 e. The Kier molecular flexibility index (Phi) is 6.03. The quantitative estimate of drug-likeness (QED) is 0.748. The number of thioether (sulfide) groups is 1. The van der Waals surface area contributed by atoms with Crippen molar-refractivity contribution >= 4 is 23.4 Å². The highest BCUT2D eigenvalue weighted by Gasteiger charge is 2.23. The maximum Gasteiger partial charge on any atom is 0.234 e. The molecule has 0 atom stereocenters. The molecule has 26 heavy (non-hydrogen) atoms. The van der Waals surface area contributed by atoms with Gasteiger partial charge in [-0.05, 0) is 25.0 Å². The van der Waals surface area contributed by atoms with Crippen LogP contribution in [0.25, 0.3) is 0 Å². The number of nitrogens with one attached hydrogen (secondary N) is 1. The van der Waals surface area contributed by atoms with E-state index in [0.29, 0.717) is 23.1 Å². The number of nitrogens with zero attached hydrogens (tertiary/aromatic N) is 3.